The van der Waals surface area contributed by atoms with E-state index < -0.39 is 0 Å². The van der Waals surface area contributed by atoms with E-state index in [0.717, 1.165) is 40.2 Å². The van der Waals surface area contributed by atoms with E-state index in [1.165, 1.54) is 5.56 Å². The molecule has 0 saturated carbocycles. The number of pyridine rings is 1. The summed E-state index contributed by atoms with van der Waals surface area (Å²) in [5.41, 5.74) is 6.15. The molecule has 1 aliphatic rings. The van der Waals surface area contributed by atoms with Gasteiger partial charge in [0, 0.05) is 45.7 Å². The van der Waals surface area contributed by atoms with Crippen molar-refractivity contribution in [1.29, 1.82) is 0 Å². The van der Waals surface area contributed by atoms with Crippen molar-refractivity contribution < 1.29 is 9.53 Å². The average molecular weight is 439 g/mol. The highest BCUT2D eigenvalue weighted by Crippen LogP contribution is 2.43. The lowest BCUT2D eigenvalue weighted by molar-refractivity contribution is 0.105. The van der Waals surface area contributed by atoms with Crippen LogP contribution in [-0.4, -0.2) is 22.4 Å². The van der Waals surface area contributed by atoms with E-state index in [1.807, 2.05) is 48.7 Å². The van der Waals surface area contributed by atoms with E-state index in [9.17, 15) is 4.79 Å². The molecule has 32 heavy (non-hydrogen) atoms. The van der Waals surface area contributed by atoms with Gasteiger partial charge in [0.1, 0.15) is 10.8 Å². The third kappa shape index (κ3) is 3.99. The van der Waals surface area contributed by atoms with Gasteiger partial charge < -0.3 is 4.74 Å². The van der Waals surface area contributed by atoms with Gasteiger partial charge in [-0.25, -0.2) is 4.98 Å². The summed E-state index contributed by atoms with van der Waals surface area (Å²) in [7, 11) is 0. The first-order chi connectivity index (χ1) is 15.7. The summed E-state index contributed by atoms with van der Waals surface area (Å²) in [6.45, 7) is 2.57. The monoisotopic (exact) mass is 438 g/mol. The lowest BCUT2D eigenvalue weighted by Gasteiger charge is -2.09. The average Bonchev–Trinajstić information content (AvgIpc) is 3.38. The molecule has 0 aliphatic heterocycles. The number of Topliss-reactive ketones (excluding diaryl/α,β-unsaturated/α-hetero) is 1. The highest BCUT2D eigenvalue weighted by Gasteiger charge is 2.33. The molecule has 0 amide bonds. The number of hydrogen-bond donors (Lipinski definition) is 0. The van der Waals surface area contributed by atoms with Gasteiger partial charge in [0.25, 0.3) is 0 Å². The van der Waals surface area contributed by atoms with Gasteiger partial charge in [-0.2, -0.15) is 0 Å². The van der Waals surface area contributed by atoms with Crippen molar-refractivity contribution in [3.05, 3.63) is 111 Å². The first kappa shape index (κ1) is 20.3. The lowest BCUT2D eigenvalue weighted by atomic mass is 10.0. The van der Waals surface area contributed by atoms with E-state index in [2.05, 4.69) is 34.2 Å². The van der Waals surface area contributed by atoms with Gasteiger partial charge in [-0.3, -0.25) is 9.78 Å². The number of carbonyl (C=O) groups excluding carboxylic acids is 1. The van der Waals surface area contributed by atoms with Crippen LogP contribution in [0.5, 0.6) is 5.75 Å². The molecule has 2 aromatic carbocycles. The number of thiazole rings is 1. The summed E-state index contributed by atoms with van der Waals surface area (Å²) < 4.78 is 5.99. The number of fused-ring (bicyclic) bond motifs is 1. The molecule has 0 atom stereocenters. The highest BCUT2D eigenvalue weighted by atomic mass is 32.1. The second-order valence-electron chi connectivity index (χ2n) is 7.76. The number of ketones is 1. The molecule has 4 nitrogen and oxygen atoms in total. The SMILES string of the molecule is Cc1csc(C2=C(c3cccnc3)C(=O)c3cc(OCCCc4ccccc4)ccc32)n1. The molecule has 5 heteroatoms. The maximum Gasteiger partial charge on any atom is 0.195 e. The van der Waals surface area contributed by atoms with Crippen LogP contribution in [0.2, 0.25) is 0 Å². The van der Waals surface area contributed by atoms with E-state index in [0.29, 0.717) is 23.5 Å². The Morgan fingerprint density at radius 1 is 0.969 bits per heavy atom. The van der Waals surface area contributed by atoms with Gasteiger partial charge in [-0.1, -0.05) is 36.4 Å². The van der Waals surface area contributed by atoms with Crippen LogP contribution in [0.4, 0.5) is 0 Å². The fourth-order valence-electron chi connectivity index (χ4n) is 3.99. The zero-order chi connectivity index (χ0) is 21.9. The van der Waals surface area contributed by atoms with E-state index >= 15 is 0 Å². The molecule has 0 spiro atoms. The Balaban J connectivity index is 1.41. The summed E-state index contributed by atoms with van der Waals surface area (Å²) in [5, 5.41) is 2.86. The van der Waals surface area contributed by atoms with Gasteiger partial charge in [-0.15, -0.1) is 11.3 Å². The molecule has 1 aliphatic carbocycles. The van der Waals surface area contributed by atoms with Crippen LogP contribution in [0.15, 0.2) is 78.4 Å². The molecule has 2 aromatic heterocycles. The van der Waals surface area contributed by atoms with Gasteiger partial charge in [-0.05, 0) is 55.2 Å². The van der Waals surface area contributed by atoms with Crippen molar-refractivity contribution in [1.82, 2.24) is 9.97 Å². The molecule has 0 saturated heterocycles. The molecule has 2 heterocycles. The zero-order valence-corrected chi connectivity index (χ0v) is 18.6. The maximum atomic E-state index is 13.5. The second-order valence-corrected chi connectivity index (χ2v) is 8.62. The Hall–Kier alpha value is -3.57. The van der Waals surface area contributed by atoms with Gasteiger partial charge in [0.2, 0.25) is 0 Å². The minimum atomic E-state index is -0.00871. The molecule has 5 rings (SSSR count). The van der Waals surface area contributed by atoms with E-state index in [4.69, 9.17) is 4.74 Å². The molecule has 0 fully saturated rings. The maximum absolute atomic E-state index is 13.5. The molecular formula is C27H22N2O2S. The Labute approximate surface area is 191 Å². The van der Waals surface area contributed by atoms with Crippen LogP contribution < -0.4 is 4.74 Å². The van der Waals surface area contributed by atoms with E-state index in [1.54, 1.807) is 23.7 Å². The summed E-state index contributed by atoms with van der Waals surface area (Å²) >= 11 is 1.56. The topological polar surface area (TPSA) is 52.1 Å². The molecular weight excluding hydrogens is 416 g/mol. The van der Waals surface area contributed by atoms with Crippen molar-refractivity contribution in [2.75, 3.05) is 6.61 Å². The van der Waals surface area contributed by atoms with Gasteiger partial charge in [0.05, 0.1) is 6.61 Å². The summed E-state index contributed by atoms with van der Waals surface area (Å²) in [6.07, 6.45) is 5.33. The predicted octanol–water partition coefficient (Wildman–Crippen LogP) is 6.01. The summed E-state index contributed by atoms with van der Waals surface area (Å²) in [5.74, 6) is 0.706. The van der Waals surface area contributed by atoms with Crippen LogP contribution >= 0.6 is 11.3 Å². The van der Waals surface area contributed by atoms with Crippen LogP contribution in [-0.2, 0) is 6.42 Å². The number of hydrogen-bond acceptors (Lipinski definition) is 5. The Morgan fingerprint density at radius 2 is 1.84 bits per heavy atom. The Morgan fingerprint density at radius 3 is 2.59 bits per heavy atom. The first-order valence-corrected chi connectivity index (χ1v) is 11.5. The molecule has 0 radical (unpaired) electrons. The van der Waals surface area contributed by atoms with E-state index in [-0.39, 0.29) is 5.78 Å². The van der Waals surface area contributed by atoms with Crippen LogP contribution in [0, 0.1) is 6.92 Å². The van der Waals surface area contributed by atoms with Crippen molar-refractivity contribution in [3.8, 4) is 5.75 Å². The van der Waals surface area contributed by atoms with Crippen molar-refractivity contribution in [2.45, 2.75) is 19.8 Å². The van der Waals surface area contributed by atoms with Crippen LogP contribution in [0.25, 0.3) is 11.1 Å². The number of aromatic nitrogens is 2. The minimum absolute atomic E-state index is 0.00871. The Kier molecular flexibility index (Phi) is 5.65. The molecule has 0 N–H and O–H groups in total. The third-order valence-corrected chi connectivity index (χ3v) is 6.46. The molecule has 0 unspecified atom stereocenters. The van der Waals surface area contributed by atoms with Crippen molar-refractivity contribution in [2.24, 2.45) is 0 Å². The second kappa shape index (κ2) is 8.89. The van der Waals surface area contributed by atoms with Crippen LogP contribution in [0.3, 0.4) is 0 Å². The largest absolute Gasteiger partial charge is 0.494 e. The van der Waals surface area contributed by atoms with Crippen molar-refractivity contribution >= 4 is 28.3 Å². The van der Waals surface area contributed by atoms with Crippen LogP contribution in [0.1, 0.15) is 44.2 Å². The normalized spacial score (nSPS) is 12.8. The summed E-state index contributed by atoms with van der Waals surface area (Å²) in [4.78, 5) is 22.4. The standard InChI is InChI=1S/C27H22N2O2S/c1-18-17-32-27(29-18)25-22-12-11-21(31-14-6-9-19-7-3-2-4-8-19)15-23(22)26(30)24(25)20-10-5-13-28-16-20/h2-5,7-8,10-13,15-17H,6,9,14H2,1H3. The first-order valence-electron chi connectivity index (χ1n) is 10.6. The van der Waals surface area contributed by atoms with Gasteiger partial charge in [0.15, 0.2) is 5.78 Å². The highest BCUT2D eigenvalue weighted by molar-refractivity contribution is 7.11. The molecule has 4 aromatic rings. The third-order valence-electron chi connectivity index (χ3n) is 5.49. The number of ether oxygens (including phenoxy) is 1. The Bertz CT molecular complexity index is 1290. The fraction of sp³-hybridized carbons (Fsp3) is 0.148. The predicted molar refractivity (Wildman–Crippen MR) is 128 cm³/mol. The number of allylic oxidation sites excluding steroid dienone is 1. The molecule has 0 bridgehead atoms. The fourth-order valence-corrected chi connectivity index (χ4v) is 4.85. The lowest BCUT2D eigenvalue weighted by Crippen LogP contribution is -2.02. The van der Waals surface area contributed by atoms with Crippen molar-refractivity contribution in [3.63, 3.8) is 0 Å². The number of carbonyl (C=O) groups is 1. The number of rotatable bonds is 7. The summed E-state index contributed by atoms with van der Waals surface area (Å²) in [6, 6.07) is 20.0. The number of nitrogens with zero attached hydrogens (tertiary/aromatic N) is 2. The van der Waals surface area contributed by atoms with Gasteiger partial charge >= 0.3 is 0 Å². The minimum Gasteiger partial charge on any atom is -0.494 e. The quantitative estimate of drug-likeness (QED) is 0.331. The number of aryl methyl sites for hydroxylation is 2. The smallest absolute Gasteiger partial charge is 0.195 e. The molecule has 158 valence electrons. The zero-order valence-electron chi connectivity index (χ0n) is 17.7. The number of benzene rings is 2.